The Kier molecular flexibility index (Phi) is 6.19. The molecule has 2 aliphatic rings. The second kappa shape index (κ2) is 9.04. The first-order valence-electron chi connectivity index (χ1n) is 10.6. The highest BCUT2D eigenvalue weighted by Crippen LogP contribution is 2.43. The van der Waals surface area contributed by atoms with Crippen LogP contribution in [0.3, 0.4) is 0 Å². The van der Waals surface area contributed by atoms with Gasteiger partial charge in [0.1, 0.15) is 22.8 Å². The number of amides is 1. The van der Waals surface area contributed by atoms with Gasteiger partial charge >= 0.3 is 0 Å². The van der Waals surface area contributed by atoms with Gasteiger partial charge in [-0.2, -0.15) is 0 Å². The van der Waals surface area contributed by atoms with Gasteiger partial charge in [0.2, 0.25) is 0 Å². The van der Waals surface area contributed by atoms with Crippen LogP contribution < -0.4 is 9.47 Å². The number of hydrogen-bond donors (Lipinski definition) is 1. The zero-order valence-electron chi connectivity index (χ0n) is 18.5. The molecule has 2 heterocycles. The molecule has 0 aliphatic carbocycles. The molecule has 0 bridgehead atoms. The summed E-state index contributed by atoms with van der Waals surface area (Å²) in [5.41, 5.74) is 1.99. The normalized spacial score (nSPS) is 22.4. The highest BCUT2D eigenvalue weighted by Gasteiger charge is 2.47. The number of rotatable bonds is 6. The molecule has 2 saturated heterocycles. The number of benzene rings is 2. The van der Waals surface area contributed by atoms with Gasteiger partial charge in [-0.3, -0.25) is 9.59 Å². The van der Waals surface area contributed by atoms with E-state index in [2.05, 4.69) is 0 Å². The Morgan fingerprint density at radius 2 is 1.81 bits per heavy atom. The van der Waals surface area contributed by atoms with E-state index in [0.717, 1.165) is 24.0 Å². The van der Waals surface area contributed by atoms with Crippen LogP contribution in [0.25, 0.3) is 5.76 Å². The highest BCUT2D eigenvalue weighted by atomic mass is 16.5. The molecule has 2 aromatic rings. The lowest BCUT2D eigenvalue weighted by atomic mass is 9.93. The van der Waals surface area contributed by atoms with Crippen LogP contribution in [-0.2, 0) is 14.3 Å². The third-order valence-electron chi connectivity index (χ3n) is 5.99. The Morgan fingerprint density at radius 1 is 1.12 bits per heavy atom. The number of methoxy groups -OCH3 is 2. The van der Waals surface area contributed by atoms with Crippen LogP contribution in [0.4, 0.5) is 0 Å². The first kappa shape index (κ1) is 21.9. The number of ether oxygens (including phenoxy) is 3. The van der Waals surface area contributed by atoms with Crippen LogP contribution in [0.15, 0.2) is 48.0 Å². The molecule has 168 valence electrons. The number of aryl methyl sites for hydroxylation is 1. The molecule has 2 aromatic carbocycles. The van der Waals surface area contributed by atoms with Gasteiger partial charge in [0.25, 0.3) is 11.7 Å². The number of likely N-dealkylation sites (tertiary alicyclic amines) is 1. The first-order valence-corrected chi connectivity index (χ1v) is 10.6. The molecule has 2 fully saturated rings. The van der Waals surface area contributed by atoms with E-state index >= 15 is 0 Å². The Morgan fingerprint density at radius 3 is 2.41 bits per heavy atom. The number of aliphatic hydroxyl groups is 1. The van der Waals surface area contributed by atoms with Gasteiger partial charge in [0.15, 0.2) is 0 Å². The van der Waals surface area contributed by atoms with E-state index in [1.807, 2.05) is 31.2 Å². The van der Waals surface area contributed by atoms with E-state index in [-0.39, 0.29) is 29.5 Å². The van der Waals surface area contributed by atoms with Gasteiger partial charge in [-0.1, -0.05) is 35.9 Å². The monoisotopic (exact) mass is 437 g/mol. The molecule has 2 unspecified atom stereocenters. The highest BCUT2D eigenvalue weighted by molar-refractivity contribution is 6.46. The molecule has 1 N–H and O–H groups in total. The van der Waals surface area contributed by atoms with Crippen molar-refractivity contribution in [2.24, 2.45) is 0 Å². The fourth-order valence-corrected chi connectivity index (χ4v) is 4.48. The lowest BCUT2D eigenvalue weighted by Crippen LogP contribution is -2.36. The summed E-state index contributed by atoms with van der Waals surface area (Å²) < 4.78 is 16.6. The number of aliphatic hydroxyl groups excluding tert-OH is 1. The van der Waals surface area contributed by atoms with Crippen LogP contribution >= 0.6 is 0 Å². The van der Waals surface area contributed by atoms with Crippen molar-refractivity contribution in [3.05, 3.63) is 64.7 Å². The van der Waals surface area contributed by atoms with Crippen molar-refractivity contribution in [3.63, 3.8) is 0 Å². The van der Waals surface area contributed by atoms with Gasteiger partial charge in [0, 0.05) is 13.2 Å². The van der Waals surface area contributed by atoms with Crippen molar-refractivity contribution in [2.75, 3.05) is 27.4 Å². The molecule has 4 rings (SSSR count). The lowest BCUT2D eigenvalue weighted by molar-refractivity contribution is -0.140. The molecule has 0 aromatic heterocycles. The van der Waals surface area contributed by atoms with Crippen LogP contribution in [0.2, 0.25) is 0 Å². The molecule has 0 spiro atoms. The Hall–Kier alpha value is -3.32. The van der Waals surface area contributed by atoms with Gasteiger partial charge in [-0.05, 0) is 37.5 Å². The maximum Gasteiger partial charge on any atom is 0.295 e. The van der Waals surface area contributed by atoms with Gasteiger partial charge in [-0.25, -0.2) is 0 Å². The molecule has 2 aliphatic heterocycles. The average molecular weight is 437 g/mol. The largest absolute Gasteiger partial charge is 0.506 e. The molecule has 0 saturated carbocycles. The molecule has 7 nitrogen and oxygen atoms in total. The molecular weight excluding hydrogens is 410 g/mol. The lowest BCUT2D eigenvalue weighted by Gasteiger charge is -2.28. The van der Waals surface area contributed by atoms with Crippen molar-refractivity contribution in [2.45, 2.75) is 31.9 Å². The van der Waals surface area contributed by atoms with E-state index in [4.69, 9.17) is 14.2 Å². The van der Waals surface area contributed by atoms with Crippen LogP contribution in [-0.4, -0.2) is 55.2 Å². The quantitative estimate of drug-likeness (QED) is 0.422. The smallest absolute Gasteiger partial charge is 0.295 e. The number of carbonyl (C=O) groups excluding carboxylic acids is 2. The topological polar surface area (TPSA) is 85.3 Å². The van der Waals surface area contributed by atoms with Crippen LogP contribution in [0.1, 0.15) is 35.6 Å². The zero-order chi connectivity index (χ0) is 22.8. The maximum atomic E-state index is 13.2. The second-order valence-electron chi connectivity index (χ2n) is 8.04. The summed E-state index contributed by atoms with van der Waals surface area (Å²) in [6.45, 7) is 2.87. The maximum absolute atomic E-state index is 13.2. The minimum absolute atomic E-state index is 0.0152. The summed E-state index contributed by atoms with van der Waals surface area (Å²) >= 11 is 0. The Bertz CT molecular complexity index is 1050. The van der Waals surface area contributed by atoms with Crippen LogP contribution in [0, 0.1) is 6.92 Å². The number of Topliss-reactive ketones (excluding diaryl/α,β-unsaturated/α-hetero) is 1. The van der Waals surface area contributed by atoms with E-state index in [0.29, 0.717) is 18.1 Å². The van der Waals surface area contributed by atoms with Gasteiger partial charge in [0.05, 0.1) is 31.9 Å². The van der Waals surface area contributed by atoms with Gasteiger partial charge in [-0.15, -0.1) is 0 Å². The fraction of sp³-hybridized carbons (Fsp3) is 0.360. The molecule has 2 atom stereocenters. The summed E-state index contributed by atoms with van der Waals surface area (Å²) in [7, 11) is 2.94. The number of ketones is 1. The van der Waals surface area contributed by atoms with E-state index in [1.165, 1.54) is 19.1 Å². The SMILES string of the molecule is COc1cccc(OC)c1/C(O)=C1\C(=O)C(=O)N(CC2CCCO2)C1c1cccc(C)c1. The minimum Gasteiger partial charge on any atom is -0.506 e. The van der Waals surface area contributed by atoms with Crippen molar-refractivity contribution in [1.82, 2.24) is 4.90 Å². The van der Waals surface area contributed by atoms with Gasteiger partial charge < -0.3 is 24.2 Å². The van der Waals surface area contributed by atoms with E-state index in [1.54, 1.807) is 18.2 Å². The molecule has 0 radical (unpaired) electrons. The molecule has 32 heavy (non-hydrogen) atoms. The van der Waals surface area contributed by atoms with Crippen molar-refractivity contribution >= 4 is 17.4 Å². The zero-order valence-corrected chi connectivity index (χ0v) is 18.5. The number of carbonyl (C=O) groups is 2. The number of nitrogens with zero attached hydrogens (tertiary/aromatic N) is 1. The fourth-order valence-electron chi connectivity index (χ4n) is 4.48. The van der Waals surface area contributed by atoms with Crippen molar-refractivity contribution < 1.29 is 28.9 Å². The van der Waals surface area contributed by atoms with E-state index in [9.17, 15) is 14.7 Å². The molecule has 1 amide bonds. The Labute approximate surface area is 187 Å². The Balaban J connectivity index is 1.91. The summed E-state index contributed by atoms with van der Waals surface area (Å²) in [5.74, 6) is -1.02. The summed E-state index contributed by atoms with van der Waals surface area (Å²) in [4.78, 5) is 27.9. The second-order valence-corrected chi connectivity index (χ2v) is 8.04. The predicted molar refractivity (Wildman–Crippen MR) is 119 cm³/mol. The standard InChI is InChI=1S/C25H27NO6/c1-15-7-4-8-16(13-15)22-21(23(27)20-18(30-2)10-5-11-19(20)31-3)24(28)25(29)26(22)14-17-9-6-12-32-17/h4-5,7-8,10-11,13,17,22,27H,6,9,12,14H2,1-3H3/b23-21+. The first-order chi connectivity index (χ1) is 15.5. The molecule has 7 heteroatoms. The van der Waals surface area contributed by atoms with Crippen molar-refractivity contribution in [3.8, 4) is 11.5 Å². The van der Waals surface area contributed by atoms with Crippen LogP contribution in [0.5, 0.6) is 11.5 Å². The summed E-state index contributed by atoms with van der Waals surface area (Å²) in [5, 5.41) is 11.4. The number of hydrogen-bond acceptors (Lipinski definition) is 6. The average Bonchev–Trinajstić information content (AvgIpc) is 3.40. The predicted octanol–water partition coefficient (Wildman–Crippen LogP) is 3.61. The van der Waals surface area contributed by atoms with E-state index < -0.39 is 17.7 Å². The third kappa shape index (κ3) is 3.84. The molecular formula is C25H27NO6. The summed E-state index contributed by atoms with van der Waals surface area (Å²) in [6, 6.07) is 11.9. The van der Waals surface area contributed by atoms with Crippen molar-refractivity contribution in [1.29, 1.82) is 0 Å². The summed E-state index contributed by atoms with van der Waals surface area (Å²) in [6.07, 6.45) is 1.60. The third-order valence-corrected chi connectivity index (χ3v) is 5.99. The minimum atomic E-state index is -0.742.